The lowest BCUT2D eigenvalue weighted by Gasteiger charge is -2.03. The molecule has 1 heterocycles. The lowest BCUT2D eigenvalue weighted by atomic mass is 10.2. The summed E-state index contributed by atoms with van der Waals surface area (Å²) in [6, 6.07) is 0. The average molecular weight is 257 g/mol. The Balaban J connectivity index is 3.41. The van der Waals surface area contributed by atoms with Gasteiger partial charge in [-0.2, -0.15) is 4.72 Å². The molecular weight excluding hydrogens is 246 g/mol. The molecule has 0 radical (unpaired) electrons. The minimum absolute atomic E-state index is 0.0180. The normalized spacial score (nSPS) is 11.1. The van der Waals surface area contributed by atoms with Crippen molar-refractivity contribution in [1.82, 2.24) is 4.72 Å². The molecule has 0 aliphatic carbocycles. The summed E-state index contributed by atoms with van der Waals surface area (Å²) < 4.78 is 30.7. The number of terminal acetylenes is 1. The van der Waals surface area contributed by atoms with Gasteiger partial charge in [0, 0.05) is 0 Å². The van der Waals surface area contributed by atoms with Gasteiger partial charge < -0.3 is 9.52 Å². The SMILES string of the molecule is C#CCNS(=O)(=O)c1c(C)oc(C)c1C(=O)O. The highest BCUT2D eigenvalue weighted by molar-refractivity contribution is 7.89. The van der Waals surface area contributed by atoms with Crippen LogP contribution in [0.5, 0.6) is 0 Å². The fourth-order valence-electron chi connectivity index (χ4n) is 1.44. The Bertz CT molecular complexity index is 591. The summed E-state index contributed by atoms with van der Waals surface area (Å²) in [5, 5.41) is 8.96. The second kappa shape index (κ2) is 4.61. The van der Waals surface area contributed by atoms with Crippen LogP contribution in [0.1, 0.15) is 21.9 Å². The van der Waals surface area contributed by atoms with Gasteiger partial charge in [-0.15, -0.1) is 6.42 Å². The van der Waals surface area contributed by atoms with Crippen molar-refractivity contribution in [3.05, 3.63) is 17.1 Å². The van der Waals surface area contributed by atoms with Crippen LogP contribution in [0, 0.1) is 26.2 Å². The number of furan rings is 1. The molecule has 1 aromatic heterocycles. The Morgan fingerprint density at radius 3 is 2.53 bits per heavy atom. The smallest absolute Gasteiger partial charge is 0.340 e. The Hall–Kier alpha value is -1.78. The van der Waals surface area contributed by atoms with E-state index in [1.54, 1.807) is 0 Å². The van der Waals surface area contributed by atoms with Crippen LogP contribution in [0.2, 0.25) is 0 Å². The van der Waals surface area contributed by atoms with Crippen LogP contribution < -0.4 is 4.72 Å². The molecule has 0 aromatic carbocycles. The first-order valence-corrected chi connectivity index (χ1v) is 6.06. The number of carbonyl (C=O) groups is 1. The molecule has 0 unspecified atom stereocenters. The molecule has 0 saturated carbocycles. The van der Waals surface area contributed by atoms with Crippen LogP contribution >= 0.6 is 0 Å². The molecular formula is C10H11NO5S. The fourth-order valence-corrected chi connectivity index (χ4v) is 2.78. The van der Waals surface area contributed by atoms with E-state index in [9.17, 15) is 13.2 Å². The first-order valence-electron chi connectivity index (χ1n) is 4.57. The third-order valence-corrected chi connectivity index (χ3v) is 3.61. The van der Waals surface area contributed by atoms with Gasteiger partial charge in [0.05, 0.1) is 6.54 Å². The second-order valence-corrected chi connectivity index (χ2v) is 4.96. The van der Waals surface area contributed by atoms with Crippen LogP contribution in [0.25, 0.3) is 0 Å². The highest BCUT2D eigenvalue weighted by Crippen LogP contribution is 2.26. The van der Waals surface area contributed by atoms with E-state index in [-0.39, 0.29) is 28.5 Å². The van der Waals surface area contributed by atoms with Gasteiger partial charge >= 0.3 is 5.97 Å². The zero-order valence-electron chi connectivity index (χ0n) is 9.27. The molecule has 0 spiro atoms. The van der Waals surface area contributed by atoms with Crippen molar-refractivity contribution in [2.24, 2.45) is 0 Å². The molecule has 0 amide bonds. The highest BCUT2D eigenvalue weighted by Gasteiger charge is 2.30. The lowest BCUT2D eigenvalue weighted by Crippen LogP contribution is -2.25. The fraction of sp³-hybridized carbons (Fsp3) is 0.300. The standard InChI is InChI=1S/C10H11NO5S/c1-4-5-11-17(14,15)9-7(3)16-6(2)8(9)10(12)13/h1,11H,5H2,2-3H3,(H,12,13). The van der Waals surface area contributed by atoms with Crippen LogP contribution in [0.15, 0.2) is 9.31 Å². The maximum absolute atomic E-state index is 11.8. The van der Waals surface area contributed by atoms with Gasteiger partial charge in [0.25, 0.3) is 0 Å². The zero-order chi connectivity index (χ0) is 13.2. The highest BCUT2D eigenvalue weighted by atomic mass is 32.2. The predicted octanol–water partition coefficient (Wildman–Crippen LogP) is 0.506. The van der Waals surface area contributed by atoms with E-state index in [2.05, 4.69) is 10.6 Å². The van der Waals surface area contributed by atoms with E-state index < -0.39 is 16.0 Å². The lowest BCUT2D eigenvalue weighted by molar-refractivity contribution is 0.0691. The molecule has 1 rings (SSSR count). The number of hydrogen-bond acceptors (Lipinski definition) is 4. The quantitative estimate of drug-likeness (QED) is 0.766. The minimum Gasteiger partial charge on any atom is -0.478 e. The van der Waals surface area contributed by atoms with E-state index in [1.807, 2.05) is 0 Å². The second-order valence-electron chi connectivity index (χ2n) is 3.25. The molecule has 2 N–H and O–H groups in total. The maximum atomic E-state index is 11.8. The molecule has 0 aliphatic heterocycles. The van der Waals surface area contributed by atoms with Crippen molar-refractivity contribution >= 4 is 16.0 Å². The molecule has 1 aromatic rings. The third-order valence-electron chi connectivity index (χ3n) is 2.05. The molecule has 17 heavy (non-hydrogen) atoms. The van der Waals surface area contributed by atoms with Gasteiger partial charge in [0.1, 0.15) is 22.0 Å². The molecule has 6 nitrogen and oxygen atoms in total. The van der Waals surface area contributed by atoms with E-state index >= 15 is 0 Å². The zero-order valence-corrected chi connectivity index (χ0v) is 10.1. The summed E-state index contributed by atoms with van der Waals surface area (Å²) in [6.45, 7) is 2.55. The van der Waals surface area contributed by atoms with Gasteiger partial charge in [0.2, 0.25) is 10.0 Å². The number of carboxylic acid groups (broad SMARTS) is 1. The van der Waals surface area contributed by atoms with E-state index in [0.717, 1.165) is 0 Å². The summed E-state index contributed by atoms with van der Waals surface area (Å²) in [6.07, 6.45) is 4.94. The largest absolute Gasteiger partial charge is 0.478 e. The predicted molar refractivity (Wildman–Crippen MR) is 59.2 cm³/mol. The van der Waals surface area contributed by atoms with E-state index in [1.165, 1.54) is 13.8 Å². The minimum atomic E-state index is -3.98. The maximum Gasteiger partial charge on any atom is 0.340 e. The molecule has 0 atom stereocenters. The molecule has 0 saturated heterocycles. The number of sulfonamides is 1. The average Bonchev–Trinajstić information content (AvgIpc) is 2.51. The van der Waals surface area contributed by atoms with Gasteiger partial charge in [-0.05, 0) is 13.8 Å². The first-order chi connectivity index (χ1) is 7.81. The van der Waals surface area contributed by atoms with Crippen LogP contribution in [0.4, 0.5) is 0 Å². The van der Waals surface area contributed by atoms with Crippen molar-refractivity contribution < 1.29 is 22.7 Å². The van der Waals surface area contributed by atoms with E-state index in [4.69, 9.17) is 15.9 Å². The Morgan fingerprint density at radius 2 is 2.06 bits per heavy atom. The molecule has 0 bridgehead atoms. The monoisotopic (exact) mass is 257 g/mol. The topological polar surface area (TPSA) is 96.6 Å². The first kappa shape index (κ1) is 13.3. The number of aromatic carboxylic acids is 1. The Kier molecular flexibility index (Phi) is 3.60. The molecule has 0 aliphatic rings. The summed E-state index contributed by atoms with van der Waals surface area (Å²) >= 11 is 0. The number of carboxylic acids is 1. The van der Waals surface area contributed by atoms with Crippen LogP contribution in [0.3, 0.4) is 0 Å². The summed E-state index contributed by atoms with van der Waals surface area (Å²) in [5.41, 5.74) is -0.368. The number of aryl methyl sites for hydroxylation is 2. The molecule has 7 heteroatoms. The molecule has 92 valence electrons. The summed E-state index contributed by atoms with van der Waals surface area (Å²) in [4.78, 5) is 10.6. The van der Waals surface area contributed by atoms with Gasteiger partial charge in [0.15, 0.2) is 0 Å². The van der Waals surface area contributed by atoms with Crippen molar-refractivity contribution in [2.45, 2.75) is 18.7 Å². The van der Waals surface area contributed by atoms with Crippen LogP contribution in [-0.4, -0.2) is 26.0 Å². The van der Waals surface area contributed by atoms with Crippen molar-refractivity contribution in [2.75, 3.05) is 6.54 Å². The van der Waals surface area contributed by atoms with Crippen LogP contribution in [-0.2, 0) is 10.0 Å². The third kappa shape index (κ3) is 2.49. The summed E-state index contributed by atoms with van der Waals surface area (Å²) in [5.74, 6) is 0.796. The van der Waals surface area contributed by atoms with Crippen molar-refractivity contribution in [3.63, 3.8) is 0 Å². The van der Waals surface area contributed by atoms with Crippen molar-refractivity contribution in [3.8, 4) is 12.3 Å². The number of hydrogen-bond donors (Lipinski definition) is 2. The number of nitrogens with one attached hydrogen (secondary N) is 1. The van der Waals surface area contributed by atoms with Gasteiger partial charge in [-0.25, -0.2) is 13.2 Å². The number of rotatable bonds is 4. The van der Waals surface area contributed by atoms with E-state index in [0.29, 0.717) is 0 Å². The Labute approximate surface area is 98.7 Å². The summed E-state index contributed by atoms with van der Waals surface area (Å²) in [7, 11) is -3.98. The Morgan fingerprint density at radius 1 is 1.47 bits per heavy atom. The van der Waals surface area contributed by atoms with Gasteiger partial charge in [-0.3, -0.25) is 0 Å². The van der Waals surface area contributed by atoms with Gasteiger partial charge in [-0.1, -0.05) is 5.92 Å². The molecule has 0 fully saturated rings. The van der Waals surface area contributed by atoms with Crippen molar-refractivity contribution in [1.29, 1.82) is 0 Å².